The second-order valence-electron chi connectivity index (χ2n) is 7.84. The molecule has 2 saturated heterocycles. The van der Waals surface area contributed by atoms with Gasteiger partial charge >= 0.3 is 6.09 Å². The Balaban J connectivity index is 1.63. The average molecular weight is 328 g/mol. The van der Waals surface area contributed by atoms with Crippen LogP contribution in [0.3, 0.4) is 0 Å². The minimum atomic E-state index is -0.457. The third-order valence-corrected chi connectivity index (χ3v) is 4.73. The smallest absolute Gasteiger partial charge is 0.410 e. The summed E-state index contributed by atoms with van der Waals surface area (Å²) in [5.41, 5.74) is 0.248. The van der Waals surface area contributed by atoms with E-state index in [0.29, 0.717) is 5.56 Å². The number of carbonyl (C=O) groups excluding carboxylic acids is 1. The highest BCUT2D eigenvalue weighted by atomic mass is 16.6. The van der Waals surface area contributed by atoms with Gasteiger partial charge < -0.3 is 14.5 Å². The molecule has 0 aliphatic carbocycles. The summed E-state index contributed by atoms with van der Waals surface area (Å²) in [6.07, 6.45) is 3.45. The number of carbonyl (C=O) groups is 1. The van der Waals surface area contributed by atoms with Crippen LogP contribution < -0.4 is 4.90 Å². The molecule has 3 rings (SSSR count). The quantitative estimate of drug-likeness (QED) is 0.793. The lowest BCUT2D eigenvalue weighted by Gasteiger charge is -2.27. The molecule has 2 fully saturated rings. The molecular weight excluding hydrogens is 304 g/mol. The molecule has 128 valence electrons. The summed E-state index contributed by atoms with van der Waals surface area (Å²) in [6, 6.07) is 5.79. The number of hydrogen-bond acceptors (Lipinski definition) is 5. The molecule has 2 aliphatic heterocycles. The largest absolute Gasteiger partial charge is 0.444 e. The number of ether oxygens (including phenoxy) is 1. The molecule has 1 aromatic rings. The Morgan fingerprint density at radius 2 is 2.04 bits per heavy atom. The van der Waals surface area contributed by atoms with Crippen LogP contribution in [0, 0.1) is 16.7 Å². The standard InChI is InChI=1S/C18H24N4O2/c1-17(2,3)24-16(23)22-9-7-18(13-22)6-8-21(12-18)15-5-4-14(10-19)11-20-15/h4-5,11H,6-9,12-13H2,1-3H3. The van der Waals surface area contributed by atoms with Crippen molar-refractivity contribution in [1.82, 2.24) is 9.88 Å². The van der Waals surface area contributed by atoms with E-state index in [2.05, 4.69) is 16.0 Å². The summed E-state index contributed by atoms with van der Waals surface area (Å²) in [6.45, 7) is 9.00. The number of hydrogen-bond donors (Lipinski definition) is 0. The first-order chi connectivity index (χ1) is 11.3. The minimum absolute atomic E-state index is 0.131. The third-order valence-electron chi connectivity index (χ3n) is 4.73. The molecule has 0 N–H and O–H groups in total. The predicted molar refractivity (Wildman–Crippen MR) is 90.6 cm³/mol. The normalized spacial score (nSPS) is 23.6. The van der Waals surface area contributed by atoms with Gasteiger partial charge in [0, 0.05) is 37.8 Å². The fourth-order valence-electron chi connectivity index (χ4n) is 3.52. The lowest BCUT2D eigenvalue weighted by atomic mass is 9.86. The molecule has 2 aliphatic rings. The highest BCUT2D eigenvalue weighted by molar-refractivity contribution is 5.68. The van der Waals surface area contributed by atoms with E-state index in [1.807, 2.05) is 31.7 Å². The molecule has 0 saturated carbocycles. The fraction of sp³-hybridized carbons (Fsp3) is 0.611. The van der Waals surface area contributed by atoms with Crippen molar-refractivity contribution in [3.05, 3.63) is 23.9 Å². The second kappa shape index (κ2) is 5.97. The van der Waals surface area contributed by atoms with Gasteiger partial charge in [-0.2, -0.15) is 5.26 Å². The van der Waals surface area contributed by atoms with E-state index in [0.717, 1.165) is 44.8 Å². The zero-order valence-corrected chi connectivity index (χ0v) is 14.6. The van der Waals surface area contributed by atoms with Crippen LogP contribution >= 0.6 is 0 Å². The molecule has 1 unspecified atom stereocenters. The van der Waals surface area contributed by atoms with E-state index in [1.54, 1.807) is 12.3 Å². The Bertz CT molecular complexity index is 659. The van der Waals surface area contributed by atoms with Gasteiger partial charge in [-0.15, -0.1) is 0 Å². The van der Waals surface area contributed by atoms with Gasteiger partial charge in [0.1, 0.15) is 17.5 Å². The summed E-state index contributed by atoms with van der Waals surface area (Å²) in [4.78, 5) is 20.7. The lowest BCUT2D eigenvalue weighted by molar-refractivity contribution is 0.0276. The zero-order chi connectivity index (χ0) is 17.4. The van der Waals surface area contributed by atoms with E-state index in [9.17, 15) is 4.79 Å². The Labute approximate surface area is 143 Å². The molecular formula is C18H24N4O2. The molecule has 6 heteroatoms. The van der Waals surface area contributed by atoms with Crippen molar-refractivity contribution in [2.45, 2.75) is 39.2 Å². The zero-order valence-electron chi connectivity index (χ0n) is 14.6. The molecule has 0 aromatic carbocycles. The van der Waals surface area contributed by atoms with Crippen molar-refractivity contribution in [1.29, 1.82) is 5.26 Å². The summed E-state index contributed by atoms with van der Waals surface area (Å²) in [5.74, 6) is 0.904. The van der Waals surface area contributed by atoms with Gasteiger partial charge in [0.05, 0.1) is 5.56 Å². The number of nitrogens with zero attached hydrogens (tertiary/aromatic N) is 4. The van der Waals surface area contributed by atoms with Crippen molar-refractivity contribution in [2.75, 3.05) is 31.1 Å². The van der Waals surface area contributed by atoms with Crippen molar-refractivity contribution >= 4 is 11.9 Å². The Kier molecular flexibility index (Phi) is 4.12. The second-order valence-corrected chi connectivity index (χ2v) is 7.84. The monoisotopic (exact) mass is 328 g/mol. The summed E-state index contributed by atoms with van der Waals surface area (Å²) >= 11 is 0. The number of pyridine rings is 1. The van der Waals surface area contributed by atoms with E-state index in [4.69, 9.17) is 10.00 Å². The van der Waals surface area contributed by atoms with Crippen molar-refractivity contribution in [3.63, 3.8) is 0 Å². The van der Waals surface area contributed by atoms with Gasteiger partial charge in [0.15, 0.2) is 0 Å². The van der Waals surface area contributed by atoms with Crippen LogP contribution in [0.15, 0.2) is 18.3 Å². The molecule has 0 bridgehead atoms. The highest BCUT2D eigenvalue weighted by Gasteiger charge is 2.45. The number of anilines is 1. The van der Waals surface area contributed by atoms with Crippen LogP contribution in [-0.4, -0.2) is 47.8 Å². The van der Waals surface area contributed by atoms with E-state index < -0.39 is 5.60 Å². The maximum Gasteiger partial charge on any atom is 0.410 e. The maximum atomic E-state index is 12.3. The number of aromatic nitrogens is 1. The molecule has 6 nitrogen and oxygen atoms in total. The first kappa shape index (κ1) is 16.6. The first-order valence-electron chi connectivity index (χ1n) is 8.39. The van der Waals surface area contributed by atoms with Crippen LogP contribution in [0.2, 0.25) is 0 Å². The van der Waals surface area contributed by atoms with E-state index >= 15 is 0 Å². The van der Waals surface area contributed by atoms with E-state index in [-0.39, 0.29) is 11.5 Å². The number of likely N-dealkylation sites (tertiary alicyclic amines) is 1. The van der Waals surface area contributed by atoms with Gasteiger partial charge in [-0.3, -0.25) is 0 Å². The molecule has 3 heterocycles. The lowest BCUT2D eigenvalue weighted by Crippen LogP contribution is -2.37. The Morgan fingerprint density at radius 3 is 2.67 bits per heavy atom. The minimum Gasteiger partial charge on any atom is -0.444 e. The van der Waals surface area contributed by atoms with Gasteiger partial charge in [0.25, 0.3) is 0 Å². The molecule has 1 aromatic heterocycles. The van der Waals surface area contributed by atoms with Gasteiger partial charge in [-0.05, 0) is 45.7 Å². The van der Waals surface area contributed by atoms with Crippen LogP contribution in [0.5, 0.6) is 0 Å². The molecule has 1 amide bonds. The highest BCUT2D eigenvalue weighted by Crippen LogP contribution is 2.41. The number of nitriles is 1. The average Bonchev–Trinajstić information content (AvgIpc) is 3.14. The van der Waals surface area contributed by atoms with Gasteiger partial charge in [-0.25, -0.2) is 9.78 Å². The summed E-state index contributed by atoms with van der Waals surface area (Å²) in [7, 11) is 0. The number of rotatable bonds is 1. The number of amides is 1. The maximum absolute atomic E-state index is 12.3. The van der Waals surface area contributed by atoms with Crippen molar-refractivity contribution in [2.24, 2.45) is 5.41 Å². The molecule has 1 atom stereocenters. The third kappa shape index (κ3) is 3.45. The molecule has 0 radical (unpaired) electrons. The summed E-state index contributed by atoms with van der Waals surface area (Å²) < 4.78 is 5.49. The summed E-state index contributed by atoms with van der Waals surface area (Å²) in [5, 5.41) is 8.87. The SMILES string of the molecule is CC(C)(C)OC(=O)N1CCC2(CCN(c3ccc(C#N)cn3)C2)C1. The predicted octanol–water partition coefficient (Wildman–Crippen LogP) is 2.79. The molecule has 1 spiro atoms. The van der Waals surface area contributed by atoms with Crippen LogP contribution in [0.25, 0.3) is 0 Å². The van der Waals surface area contributed by atoms with Crippen molar-refractivity contribution in [3.8, 4) is 6.07 Å². The van der Waals surface area contributed by atoms with Crippen molar-refractivity contribution < 1.29 is 9.53 Å². The fourth-order valence-corrected chi connectivity index (χ4v) is 3.52. The van der Waals surface area contributed by atoms with Gasteiger partial charge in [0.2, 0.25) is 0 Å². The Morgan fingerprint density at radius 1 is 1.29 bits per heavy atom. The Hall–Kier alpha value is -2.29. The van der Waals surface area contributed by atoms with Crippen LogP contribution in [0.1, 0.15) is 39.2 Å². The van der Waals surface area contributed by atoms with Gasteiger partial charge in [-0.1, -0.05) is 0 Å². The van der Waals surface area contributed by atoms with E-state index in [1.165, 1.54) is 0 Å². The van der Waals surface area contributed by atoms with Crippen LogP contribution in [-0.2, 0) is 4.74 Å². The van der Waals surface area contributed by atoms with Crippen LogP contribution in [0.4, 0.5) is 10.6 Å². The molecule has 24 heavy (non-hydrogen) atoms. The topological polar surface area (TPSA) is 69.5 Å². The first-order valence-corrected chi connectivity index (χ1v) is 8.39.